The number of benzene rings is 2. The van der Waals surface area contributed by atoms with Crippen molar-refractivity contribution in [3.8, 4) is 5.75 Å². The van der Waals surface area contributed by atoms with Crippen LogP contribution in [-0.4, -0.2) is 53.8 Å². The molecule has 2 bridgehead atoms. The first-order valence-corrected chi connectivity index (χ1v) is 15.8. The second-order valence-electron chi connectivity index (χ2n) is 13.8. The van der Waals surface area contributed by atoms with Crippen LogP contribution in [0.1, 0.15) is 53.0 Å². The van der Waals surface area contributed by atoms with Gasteiger partial charge >= 0.3 is 0 Å². The first kappa shape index (κ1) is 29.7. The first-order valence-electron chi connectivity index (χ1n) is 15.8. The Balaban J connectivity index is 1.23. The highest BCUT2D eigenvalue weighted by Gasteiger charge is 2.56. The average molecular weight is 588 g/mol. The Morgan fingerprint density at radius 3 is 2.53 bits per heavy atom. The molecule has 0 amide bonds. The lowest BCUT2D eigenvalue weighted by molar-refractivity contribution is -0.108. The van der Waals surface area contributed by atoms with Gasteiger partial charge in [0.1, 0.15) is 11.6 Å². The molecule has 7 nitrogen and oxygen atoms in total. The van der Waals surface area contributed by atoms with Gasteiger partial charge < -0.3 is 24.8 Å². The second-order valence-corrected chi connectivity index (χ2v) is 13.8. The quantitative estimate of drug-likeness (QED) is 0.277. The van der Waals surface area contributed by atoms with Crippen molar-refractivity contribution < 1.29 is 9.13 Å². The number of fused-ring (bicyclic) bond motifs is 3. The summed E-state index contributed by atoms with van der Waals surface area (Å²) in [5.41, 5.74) is 1.83. The molecule has 0 unspecified atom stereocenters. The van der Waals surface area contributed by atoms with Crippen molar-refractivity contribution in [1.29, 1.82) is 0 Å². The molecule has 0 spiro atoms. The summed E-state index contributed by atoms with van der Waals surface area (Å²) in [7, 11) is 1.52. The molecule has 2 N–H and O–H groups in total. The van der Waals surface area contributed by atoms with Gasteiger partial charge in [-0.3, -0.25) is 4.79 Å². The minimum atomic E-state index is -0.321. The Kier molecular flexibility index (Phi) is 8.01. The van der Waals surface area contributed by atoms with Crippen LogP contribution in [-0.2, 0) is 13.0 Å². The number of ether oxygens (including phenoxy) is 1. The van der Waals surface area contributed by atoms with Crippen molar-refractivity contribution in [3.05, 3.63) is 70.4 Å². The Hall–Kier alpha value is -3.39. The van der Waals surface area contributed by atoms with E-state index in [-0.39, 0.29) is 11.4 Å². The number of rotatable bonds is 6. The number of pyridine rings is 1. The van der Waals surface area contributed by atoms with Crippen LogP contribution in [0, 0.1) is 29.0 Å². The Labute approximate surface area is 254 Å². The minimum absolute atomic E-state index is 0.0746. The summed E-state index contributed by atoms with van der Waals surface area (Å²) in [5, 5.41) is 8.85. The van der Waals surface area contributed by atoms with Crippen molar-refractivity contribution in [2.45, 2.75) is 78.6 Å². The third-order valence-corrected chi connectivity index (χ3v) is 10.6. The van der Waals surface area contributed by atoms with Crippen molar-refractivity contribution in [2.75, 3.05) is 25.5 Å². The molecule has 3 aromatic rings. The molecular formula is C35H46FN5O2. The first-order chi connectivity index (χ1) is 20.5. The van der Waals surface area contributed by atoms with Crippen LogP contribution in [0.25, 0.3) is 10.8 Å². The van der Waals surface area contributed by atoms with Crippen LogP contribution >= 0.6 is 0 Å². The standard InChI is InChI=1S/C35H46FN5O2/c1-21-19-41(20-22(2)37-21)34(39-32-17-26-16-30(23(32)3)35(26,4)5)38-27-8-10-29-25(15-27)12-14-40(33(29)42)13-11-24-7-9-28(43-6)18-31(24)36/h7-10,12,14-15,18,21-23,26,30,32,37H,11,13,16-17,19-20H2,1-6H3,(H,38,39)/t21-,22+,23-,26+,30+,32-/m0/s1. The Morgan fingerprint density at radius 2 is 1.86 bits per heavy atom. The number of hydrogen-bond acceptors (Lipinski definition) is 4. The lowest BCUT2D eigenvalue weighted by atomic mass is 9.45. The number of methoxy groups -OCH3 is 1. The van der Waals surface area contributed by atoms with E-state index >= 15 is 0 Å². The van der Waals surface area contributed by atoms with E-state index in [0.29, 0.717) is 59.1 Å². The maximum absolute atomic E-state index is 14.5. The van der Waals surface area contributed by atoms with Crippen molar-refractivity contribution >= 4 is 22.4 Å². The topological polar surface area (TPSA) is 70.9 Å². The second kappa shape index (κ2) is 11.6. The number of guanidine groups is 1. The normalized spacial score (nSPS) is 28.4. The zero-order valence-electron chi connectivity index (χ0n) is 26.4. The zero-order chi connectivity index (χ0) is 30.5. The van der Waals surface area contributed by atoms with Crippen LogP contribution in [0.5, 0.6) is 5.75 Å². The van der Waals surface area contributed by atoms with Gasteiger partial charge in [0.25, 0.3) is 5.56 Å². The highest BCUT2D eigenvalue weighted by atomic mass is 19.1. The fourth-order valence-corrected chi connectivity index (χ4v) is 7.91. The predicted molar refractivity (Wildman–Crippen MR) is 173 cm³/mol. The number of aliphatic imine (C=N–C) groups is 1. The molecule has 4 aliphatic rings. The van der Waals surface area contributed by atoms with Crippen molar-refractivity contribution in [1.82, 2.24) is 14.8 Å². The molecule has 43 heavy (non-hydrogen) atoms. The summed E-state index contributed by atoms with van der Waals surface area (Å²) in [5.74, 6) is 3.12. The van der Waals surface area contributed by atoms with Crippen molar-refractivity contribution in [2.24, 2.45) is 28.2 Å². The van der Waals surface area contributed by atoms with Crippen LogP contribution in [0.15, 0.2) is 58.4 Å². The number of anilines is 1. The van der Waals surface area contributed by atoms with Gasteiger partial charge in [0.2, 0.25) is 0 Å². The van der Waals surface area contributed by atoms with Gasteiger partial charge in [-0.15, -0.1) is 0 Å². The fraction of sp³-hybridized carbons (Fsp3) is 0.543. The molecular weight excluding hydrogens is 541 g/mol. The minimum Gasteiger partial charge on any atom is -0.497 e. The molecule has 7 rings (SSSR count). The van der Waals surface area contributed by atoms with Gasteiger partial charge in [0.05, 0.1) is 13.2 Å². The van der Waals surface area contributed by atoms with E-state index in [1.807, 2.05) is 30.5 Å². The molecule has 1 aromatic heterocycles. The van der Waals surface area contributed by atoms with Crippen LogP contribution in [0.2, 0.25) is 0 Å². The average Bonchev–Trinajstić information content (AvgIpc) is 2.97. The van der Waals surface area contributed by atoms with E-state index in [9.17, 15) is 9.18 Å². The number of aryl methyl sites for hydroxylation is 2. The molecule has 230 valence electrons. The Morgan fingerprint density at radius 1 is 1.09 bits per heavy atom. The van der Waals surface area contributed by atoms with Crippen LogP contribution < -0.4 is 20.9 Å². The van der Waals surface area contributed by atoms with E-state index in [0.717, 1.165) is 48.4 Å². The van der Waals surface area contributed by atoms with Gasteiger partial charge in [0.15, 0.2) is 5.96 Å². The van der Waals surface area contributed by atoms with Gasteiger partial charge in [-0.1, -0.05) is 26.8 Å². The summed E-state index contributed by atoms with van der Waals surface area (Å²) in [4.78, 5) is 21.2. The monoisotopic (exact) mass is 587 g/mol. The highest BCUT2D eigenvalue weighted by molar-refractivity contribution is 5.96. The molecule has 4 fully saturated rings. The number of hydrogen-bond donors (Lipinski definition) is 2. The summed E-state index contributed by atoms with van der Waals surface area (Å²) < 4.78 is 21.2. The molecule has 1 aliphatic heterocycles. The number of nitrogens with zero attached hydrogens (tertiary/aromatic N) is 3. The summed E-state index contributed by atoms with van der Waals surface area (Å²) in [6, 6.07) is 13.8. The smallest absolute Gasteiger partial charge is 0.258 e. The predicted octanol–water partition coefficient (Wildman–Crippen LogP) is 5.91. The SMILES string of the molecule is COc1ccc(CCn2ccc3cc(NC(=N[C@H]4C[C@H]5C[C@H]([C@@H]4C)C5(C)C)N4C[C@@H](C)N[C@@H](C)C4)ccc3c2=O)c(F)c1. The molecule has 6 atom stereocenters. The van der Waals surface area contributed by atoms with E-state index in [2.05, 4.69) is 50.2 Å². The lowest BCUT2D eigenvalue weighted by Gasteiger charge is -2.61. The van der Waals surface area contributed by atoms with E-state index < -0.39 is 0 Å². The largest absolute Gasteiger partial charge is 0.497 e. The third-order valence-electron chi connectivity index (χ3n) is 10.6. The van der Waals surface area contributed by atoms with Crippen molar-refractivity contribution in [3.63, 3.8) is 0 Å². The maximum atomic E-state index is 14.5. The van der Waals surface area contributed by atoms with Gasteiger partial charge in [0, 0.05) is 55.1 Å². The van der Waals surface area contributed by atoms with E-state index in [1.54, 1.807) is 16.7 Å². The number of nitrogens with one attached hydrogen (secondary N) is 2. The van der Waals surface area contributed by atoms with Crippen LogP contribution in [0.4, 0.5) is 10.1 Å². The molecule has 8 heteroatoms. The molecule has 3 saturated carbocycles. The maximum Gasteiger partial charge on any atom is 0.258 e. The van der Waals surface area contributed by atoms with Gasteiger partial charge in [-0.25, -0.2) is 9.38 Å². The molecule has 1 saturated heterocycles. The van der Waals surface area contributed by atoms with Crippen LogP contribution in [0.3, 0.4) is 0 Å². The molecule has 2 aromatic carbocycles. The zero-order valence-corrected chi connectivity index (χ0v) is 26.4. The lowest BCUT2D eigenvalue weighted by Crippen LogP contribution is -2.59. The van der Waals surface area contributed by atoms with Gasteiger partial charge in [-0.05, 0) is 97.6 Å². The van der Waals surface area contributed by atoms with Gasteiger partial charge in [-0.2, -0.15) is 0 Å². The number of piperazine rings is 1. The molecule has 0 radical (unpaired) electrons. The van der Waals surface area contributed by atoms with E-state index in [4.69, 9.17) is 9.73 Å². The highest BCUT2D eigenvalue weighted by Crippen LogP contribution is 2.61. The number of halogens is 1. The molecule has 2 heterocycles. The summed E-state index contributed by atoms with van der Waals surface area (Å²) in [6.45, 7) is 13.9. The summed E-state index contributed by atoms with van der Waals surface area (Å²) in [6.07, 6.45) is 4.70. The molecule has 3 aliphatic carbocycles. The third kappa shape index (κ3) is 5.78. The number of aromatic nitrogens is 1. The fourth-order valence-electron chi connectivity index (χ4n) is 7.91. The van der Waals surface area contributed by atoms with E-state index in [1.165, 1.54) is 19.6 Å². The summed E-state index contributed by atoms with van der Waals surface area (Å²) >= 11 is 0. The Bertz CT molecular complexity index is 1570.